The molecule has 0 unspecified atom stereocenters. The van der Waals surface area contributed by atoms with Crippen molar-refractivity contribution in [3.8, 4) is 17.2 Å². The van der Waals surface area contributed by atoms with Gasteiger partial charge in [-0.2, -0.15) is 0 Å². The Labute approximate surface area is 124 Å². The van der Waals surface area contributed by atoms with Gasteiger partial charge in [0.15, 0.2) is 11.5 Å². The van der Waals surface area contributed by atoms with Crippen molar-refractivity contribution in [2.45, 2.75) is 25.4 Å². The second-order valence-electron chi connectivity index (χ2n) is 4.91. The molecule has 2 N–H and O–H groups in total. The van der Waals surface area contributed by atoms with E-state index in [-0.39, 0.29) is 11.9 Å². The maximum Gasteiger partial charge on any atom is 0.220 e. The molecule has 6 nitrogen and oxygen atoms in total. The molecule has 1 atom stereocenters. The third-order valence-electron chi connectivity index (χ3n) is 3.63. The molecule has 1 fully saturated rings. The van der Waals surface area contributed by atoms with Crippen LogP contribution in [0.4, 0.5) is 0 Å². The highest BCUT2D eigenvalue weighted by Gasteiger charge is 2.19. The summed E-state index contributed by atoms with van der Waals surface area (Å²) in [5.41, 5.74) is 0.993. The molecule has 1 amide bonds. The second kappa shape index (κ2) is 7.17. The summed E-state index contributed by atoms with van der Waals surface area (Å²) >= 11 is 0. The lowest BCUT2D eigenvalue weighted by Gasteiger charge is -2.24. The Balaban J connectivity index is 2.07. The smallest absolute Gasteiger partial charge is 0.220 e. The topological polar surface area (TPSA) is 68.8 Å². The van der Waals surface area contributed by atoms with Gasteiger partial charge in [0.25, 0.3) is 0 Å². The molecule has 21 heavy (non-hydrogen) atoms. The molecule has 0 aliphatic carbocycles. The van der Waals surface area contributed by atoms with Crippen LogP contribution >= 0.6 is 0 Å². The SMILES string of the molecule is COc1ccc(CN[C@@H]2CCC(=O)NC2)c(OC)c1OC. The predicted octanol–water partition coefficient (Wildman–Crippen LogP) is 1.08. The van der Waals surface area contributed by atoms with Crippen molar-refractivity contribution in [1.29, 1.82) is 0 Å². The van der Waals surface area contributed by atoms with E-state index in [9.17, 15) is 4.79 Å². The summed E-state index contributed by atoms with van der Waals surface area (Å²) in [4.78, 5) is 11.1. The Morgan fingerprint density at radius 1 is 1.19 bits per heavy atom. The van der Waals surface area contributed by atoms with Gasteiger partial charge in [-0.1, -0.05) is 6.07 Å². The van der Waals surface area contributed by atoms with E-state index in [2.05, 4.69) is 10.6 Å². The third kappa shape index (κ3) is 3.58. The molecule has 0 bridgehead atoms. The van der Waals surface area contributed by atoms with Crippen LogP contribution in [0.1, 0.15) is 18.4 Å². The van der Waals surface area contributed by atoms with Crippen LogP contribution in [0.25, 0.3) is 0 Å². The molecule has 116 valence electrons. The van der Waals surface area contributed by atoms with E-state index in [4.69, 9.17) is 14.2 Å². The zero-order valence-electron chi connectivity index (χ0n) is 12.7. The van der Waals surface area contributed by atoms with E-state index >= 15 is 0 Å². The Morgan fingerprint density at radius 2 is 1.95 bits per heavy atom. The third-order valence-corrected chi connectivity index (χ3v) is 3.63. The second-order valence-corrected chi connectivity index (χ2v) is 4.91. The summed E-state index contributed by atoms with van der Waals surface area (Å²) in [5, 5.41) is 6.29. The number of carbonyl (C=O) groups is 1. The van der Waals surface area contributed by atoms with Gasteiger partial charge in [0, 0.05) is 31.1 Å². The molecule has 0 radical (unpaired) electrons. The van der Waals surface area contributed by atoms with Gasteiger partial charge in [-0.25, -0.2) is 0 Å². The van der Waals surface area contributed by atoms with Crippen molar-refractivity contribution in [2.75, 3.05) is 27.9 Å². The molecular weight excluding hydrogens is 272 g/mol. The molecule has 1 aromatic rings. The van der Waals surface area contributed by atoms with Gasteiger partial charge in [-0.15, -0.1) is 0 Å². The number of ether oxygens (including phenoxy) is 3. The summed E-state index contributed by atoms with van der Waals surface area (Å²) in [7, 11) is 4.80. The highest BCUT2D eigenvalue weighted by molar-refractivity contribution is 5.76. The van der Waals surface area contributed by atoms with Crippen LogP contribution in [0, 0.1) is 0 Å². The predicted molar refractivity (Wildman–Crippen MR) is 79.0 cm³/mol. The number of hydrogen-bond acceptors (Lipinski definition) is 5. The summed E-state index contributed by atoms with van der Waals surface area (Å²) in [6.45, 7) is 1.30. The number of methoxy groups -OCH3 is 3. The van der Waals surface area contributed by atoms with Crippen LogP contribution in [0.3, 0.4) is 0 Å². The summed E-state index contributed by atoms with van der Waals surface area (Å²) in [6, 6.07) is 4.09. The summed E-state index contributed by atoms with van der Waals surface area (Å²) in [6.07, 6.45) is 1.42. The number of nitrogens with one attached hydrogen (secondary N) is 2. The molecule has 1 aliphatic rings. The molecular formula is C15H22N2O4. The lowest BCUT2D eigenvalue weighted by atomic mass is 10.1. The van der Waals surface area contributed by atoms with E-state index in [1.165, 1.54) is 0 Å². The minimum Gasteiger partial charge on any atom is -0.493 e. The quantitative estimate of drug-likeness (QED) is 0.822. The fourth-order valence-corrected chi connectivity index (χ4v) is 2.46. The first kappa shape index (κ1) is 15.4. The molecule has 1 aliphatic heterocycles. The largest absolute Gasteiger partial charge is 0.493 e. The number of hydrogen-bond donors (Lipinski definition) is 2. The average molecular weight is 294 g/mol. The average Bonchev–Trinajstić information content (AvgIpc) is 2.53. The lowest BCUT2D eigenvalue weighted by molar-refractivity contribution is -0.122. The standard InChI is InChI=1S/C15H22N2O4/c1-19-12-6-4-10(14(20-2)15(12)21-3)8-16-11-5-7-13(18)17-9-11/h4,6,11,16H,5,7-9H2,1-3H3,(H,17,18)/t11-/m1/s1. The van der Waals surface area contributed by atoms with Gasteiger partial charge < -0.3 is 24.8 Å². The molecule has 1 saturated heterocycles. The van der Waals surface area contributed by atoms with Crippen LogP contribution < -0.4 is 24.8 Å². The van der Waals surface area contributed by atoms with E-state index in [1.807, 2.05) is 12.1 Å². The first-order valence-corrected chi connectivity index (χ1v) is 6.97. The summed E-state index contributed by atoms with van der Waals surface area (Å²) < 4.78 is 16.1. The number of amides is 1. The van der Waals surface area contributed by atoms with Gasteiger partial charge in [-0.3, -0.25) is 4.79 Å². The molecule has 0 saturated carbocycles. The maximum absolute atomic E-state index is 11.1. The van der Waals surface area contributed by atoms with Crippen molar-refractivity contribution in [3.05, 3.63) is 17.7 Å². The number of benzene rings is 1. The minimum atomic E-state index is 0.122. The maximum atomic E-state index is 11.1. The number of rotatable bonds is 6. The number of piperidine rings is 1. The minimum absolute atomic E-state index is 0.122. The van der Waals surface area contributed by atoms with Crippen molar-refractivity contribution in [3.63, 3.8) is 0 Å². The van der Waals surface area contributed by atoms with Crippen LogP contribution in [0.5, 0.6) is 17.2 Å². The molecule has 0 spiro atoms. The molecule has 0 aromatic heterocycles. The van der Waals surface area contributed by atoms with E-state index in [0.717, 1.165) is 12.0 Å². The van der Waals surface area contributed by atoms with E-state index in [0.29, 0.717) is 36.8 Å². The van der Waals surface area contributed by atoms with Gasteiger partial charge in [0.1, 0.15) is 0 Å². The fraction of sp³-hybridized carbons (Fsp3) is 0.533. The van der Waals surface area contributed by atoms with Crippen LogP contribution in [0.15, 0.2) is 12.1 Å². The fourth-order valence-electron chi connectivity index (χ4n) is 2.46. The molecule has 6 heteroatoms. The highest BCUT2D eigenvalue weighted by Crippen LogP contribution is 2.39. The van der Waals surface area contributed by atoms with Gasteiger partial charge in [0.05, 0.1) is 21.3 Å². The van der Waals surface area contributed by atoms with Gasteiger partial charge in [-0.05, 0) is 12.5 Å². The normalized spacial score (nSPS) is 18.0. The zero-order chi connectivity index (χ0) is 15.2. The van der Waals surface area contributed by atoms with Gasteiger partial charge >= 0.3 is 0 Å². The van der Waals surface area contributed by atoms with E-state index in [1.54, 1.807) is 21.3 Å². The van der Waals surface area contributed by atoms with Crippen LogP contribution in [-0.4, -0.2) is 39.8 Å². The Morgan fingerprint density at radius 3 is 2.52 bits per heavy atom. The van der Waals surface area contributed by atoms with E-state index < -0.39 is 0 Å². The molecule has 1 heterocycles. The molecule has 2 rings (SSSR count). The first-order valence-electron chi connectivity index (χ1n) is 6.97. The van der Waals surface area contributed by atoms with Gasteiger partial charge in [0.2, 0.25) is 11.7 Å². The van der Waals surface area contributed by atoms with Crippen molar-refractivity contribution in [1.82, 2.24) is 10.6 Å². The number of carbonyl (C=O) groups excluding carboxylic acids is 1. The molecule has 1 aromatic carbocycles. The van der Waals surface area contributed by atoms with Crippen molar-refractivity contribution in [2.24, 2.45) is 0 Å². The highest BCUT2D eigenvalue weighted by atomic mass is 16.5. The van der Waals surface area contributed by atoms with Crippen molar-refractivity contribution >= 4 is 5.91 Å². The summed E-state index contributed by atoms with van der Waals surface area (Å²) in [5.74, 6) is 2.03. The Bertz CT molecular complexity index is 495. The van der Waals surface area contributed by atoms with Crippen LogP contribution in [-0.2, 0) is 11.3 Å². The van der Waals surface area contributed by atoms with Crippen molar-refractivity contribution < 1.29 is 19.0 Å². The zero-order valence-corrected chi connectivity index (χ0v) is 12.7. The van der Waals surface area contributed by atoms with Crippen LogP contribution in [0.2, 0.25) is 0 Å². The Kier molecular flexibility index (Phi) is 5.27. The lowest BCUT2D eigenvalue weighted by Crippen LogP contribution is -2.45. The first-order chi connectivity index (χ1) is 10.2. The Hall–Kier alpha value is -1.95. The monoisotopic (exact) mass is 294 g/mol.